The molecule has 0 aliphatic carbocycles. The minimum absolute atomic E-state index is 0.193. The minimum atomic E-state index is -0.965. The summed E-state index contributed by atoms with van der Waals surface area (Å²) in [6.45, 7) is 2.85. The van der Waals surface area contributed by atoms with E-state index >= 15 is 0 Å². The molecular formula is C14H20N4O2. The zero-order valence-electron chi connectivity index (χ0n) is 11.5. The zero-order valence-corrected chi connectivity index (χ0v) is 11.5. The number of piperidine rings is 1. The summed E-state index contributed by atoms with van der Waals surface area (Å²) in [5, 5.41) is 12.6. The predicted molar refractivity (Wildman–Crippen MR) is 73.4 cm³/mol. The first kappa shape index (κ1) is 13.5. The Kier molecular flexibility index (Phi) is 3.93. The molecule has 2 fully saturated rings. The van der Waals surface area contributed by atoms with Gasteiger partial charge in [0.25, 0.3) is 0 Å². The van der Waals surface area contributed by atoms with Gasteiger partial charge in [0, 0.05) is 31.4 Å². The second-order valence-electron chi connectivity index (χ2n) is 5.56. The highest BCUT2D eigenvalue weighted by atomic mass is 16.4. The Labute approximate surface area is 118 Å². The van der Waals surface area contributed by atoms with Crippen molar-refractivity contribution in [2.24, 2.45) is 0 Å². The number of nitrogens with one attached hydrogen (secondary N) is 1. The van der Waals surface area contributed by atoms with Gasteiger partial charge in [-0.25, -0.2) is 14.8 Å². The molecule has 108 valence electrons. The molecule has 6 heteroatoms. The average molecular weight is 276 g/mol. The quantitative estimate of drug-likeness (QED) is 0.850. The van der Waals surface area contributed by atoms with Crippen LogP contribution in [0.25, 0.3) is 0 Å². The molecule has 2 atom stereocenters. The van der Waals surface area contributed by atoms with Gasteiger partial charge in [0.05, 0.1) is 5.69 Å². The number of carbonyl (C=O) groups is 1. The van der Waals surface area contributed by atoms with Crippen molar-refractivity contribution in [2.45, 2.75) is 44.3 Å². The normalized spacial score (nSPS) is 26.4. The van der Waals surface area contributed by atoms with Crippen molar-refractivity contribution < 1.29 is 9.90 Å². The SMILES string of the molecule is O=C(O)c1cncnc1CNC1CCN2CCCCC12. The van der Waals surface area contributed by atoms with E-state index in [0.717, 1.165) is 13.0 Å². The van der Waals surface area contributed by atoms with E-state index in [1.165, 1.54) is 38.3 Å². The first-order valence-corrected chi connectivity index (χ1v) is 7.25. The molecule has 0 spiro atoms. The van der Waals surface area contributed by atoms with Crippen LogP contribution in [0, 0.1) is 0 Å². The van der Waals surface area contributed by atoms with Gasteiger partial charge in [-0.15, -0.1) is 0 Å². The Morgan fingerprint density at radius 2 is 2.30 bits per heavy atom. The van der Waals surface area contributed by atoms with Crippen LogP contribution in [0.1, 0.15) is 41.7 Å². The third-order valence-electron chi connectivity index (χ3n) is 4.41. The summed E-state index contributed by atoms with van der Waals surface area (Å²) in [7, 11) is 0. The van der Waals surface area contributed by atoms with Crippen molar-refractivity contribution >= 4 is 5.97 Å². The van der Waals surface area contributed by atoms with E-state index in [2.05, 4.69) is 20.2 Å². The van der Waals surface area contributed by atoms with Crippen LogP contribution in [-0.2, 0) is 6.54 Å². The van der Waals surface area contributed by atoms with Gasteiger partial charge < -0.3 is 10.4 Å². The monoisotopic (exact) mass is 276 g/mol. The Balaban J connectivity index is 1.64. The van der Waals surface area contributed by atoms with Crippen LogP contribution < -0.4 is 5.32 Å². The van der Waals surface area contributed by atoms with E-state index in [4.69, 9.17) is 5.11 Å². The smallest absolute Gasteiger partial charge is 0.339 e. The summed E-state index contributed by atoms with van der Waals surface area (Å²) in [6, 6.07) is 1.06. The highest BCUT2D eigenvalue weighted by Gasteiger charge is 2.35. The molecule has 0 aromatic carbocycles. The fourth-order valence-electron chi connectivity index (χ4n) is 3.39. The summed E-state index contributed by atoms with van der Waals surface area (Å²) in [5.41, 5.74) is 0.764. The Hall–Kier alpha value is -1.53. The molecule has 1 aromatic rings. The number of carboxylic acid groups (broad SMARTS) is 1. The third-order valence-corrected chi connectivity index (χ3v) is 4.41. The maximum atomic E-state index is 11.1. The van der Waals surface area contributed by atoms with E-state index in [9.17, 15) is 4.79 Å². The zero-order chi connectivity index (χ0) is 13.9. The minimum Gasteiger partial charge on any atom is -0.478 e. The molecule has 0 saturated carbocycles. The maximum Gasteiger partial charge on any atom is 0.339 e. The Morgan fingerprint density at radius 1 is 1.40 bits per heavy atom. The molecule has 2 aliphatic heterocycles. The molecule has 2 unspecified atom stereocenters. The largest absolute Gasteiger partial charge is 0.478 e. The van der Waals surface area contributed by atoms with Crippen molar-refractivity contribution in [3.63, 3.8) is 0 Å². The van der Waals surface area contributed by atoms with Crippen molar-refractivity contribution in [1.82, 2.24) is 20.2 Å². The van der Waals surface area contributed by atoms with E-state index in [0.29, 0.717) is 24.3 Å². The molecule has 3 rings (SSSR count). The second kappa shape index (κ2) is 5.85. The van der Waals surface area contributed by atoms with Gasteiger partial charge >= 0.3 is 5.97 Å². The lowest BCUT2D eigenvalue weighted by Gasteiger charge is -2.32. The number of hydrogen-bond donors (Lipinski definition) is 2. The van der Waals surface area contributed by atoms with Gasteiger partial charge in [-0.2, -0.15) is 0 Å². The van der Waals surface area contributed by atoms with Gasteiger partial charge in [-0.05, 0) is 25.8 Å². The number of aromatic carboxylic acids is 1. The lowest BCUT2D eigenvalue weighted by atomic mass is 9.99. The second-order valence-corrected chi connectivity index (χ2v) is 5.56. The highest BCUT2D eigenvalue weighted by Crippen LogP contribution is 2.27. The fourth-order valence-corrected chi connectivity index (χ4v) is 3.39. The summed E-state index contributed by atoms with van der Waals surface area (Å²) >= 11 is 0. The molecule has 0 amide bonds. The molecule has 2 aliphatic rings. The molecule has 2 saturated heterocycles. The average Bonchev–Trinajstić information content (AvgIpc) is 2.88. The van der Waals surface area contributed by atoms with Gasteiger partial charge in [-0.1, -0.05) is 6.42 Å². The third kappa shape index (κ3) is 2.66. The molecule has 20 heavy (non-hydrogen) atoms. The van der Waals surface area contributed by atoms with E-state index in [1.54, 1.807) is 0 Å². The molecule has 2 N–H and O–H groups in total. The molecule has 1 aromatic heterocycles. The van der Waals surface area contributed by atoms with Crippen molar-refractivity contribution in [3.8, 4) is 0 Å². The Morgan fingerprint density at radius 3 is 3.15 bits per heavy atom. The number of fused-ring (bicyclic) bond motifs is 1. The molecule has 0 bridgehead atoms. The summed E-state index contributed by atoms with van der Waals surface area (Å²) in [4.78, 5) is 21.6. The number of carboxylic acids is 1. The maximum absolute atomic E-state index is 11.1. The molecule has 3 heterocycles. The van der Waals surface area contributed by atoms with Gasteiger partial charge in [0.1, 0.15) is 11.9 Å². The van der Waals surface area contributed by atoms with Crippen LogP contribution in [0.4, 0.5) is 0 Å². The lowest BCUT2D eigenvalue weighted by molar-refractivity contribution is 0.0694. The molecule has 6 nitrogen and oxygen atoms in total. The predicted octanol–water partition coefficient (Wildman–Crippen LogP) is 0.891. The summed E-state index contributed by atoms with van der Waals surface area (Å²) in [6.07, 6.45) is 7.76. The topological polar surface area (TPSA) is 78.3 Å². The van der Waals surface area contributed by atoms with Crippen molar-refractivity contribution in [2.75, 3.05) is 13.1 Å². The summed E-state index contributed by atoms with van der Waals surface area (Å²) < 4.78 is 0. The van der Waals surface area contributed by atoms with Crippen LogP contribution in [0.3, 0.4) is 0 Å². The lowest BCUT2D eigenvalue weighted by Crippen LogP contribution is -2.44. The van der Waals surface area contributed by atoms with Crippen LogP contribution >= 0.6 is 0 Å². The first-order chi connectivity index (χ1) is 9.75. The van der Waals surface area contributed by atoms with Crippen LogP contribution in [-0.4, -0.2) is 51.1 Å². The number of nitrogens with zero attached hydrogens (tertiary/aromatic N) is 3. The first-order valence-electron chi connectivity index (χ1n) is 7.25. The number of hydrogen-bond acceptors (Lipinski definition) is 5. The van der Waals surface area contributed by atoms with Gasteiger partial charge in [0.15, 0.2) is 0 Å². The standard InChI is InChI=1S/C14H20N4O2/c19-14(20)10-7-15-9-17-12(10)8-16-11-4-6-18-5-2-1-3-13(11)18/h7,9,11,13,16H,1-6,8H2,(H,19,20). The molecule has 0 radical (unpaired) electrons. The van der Waals surface area contributed by atoms with Crippen molar-refractivity contribution in [3.05, 3.63) is 23.8 Å². The van der Waals surface area contributed by atoms with E-state index in [-0.39, 0.29) is 5.56 Å². The van der Waals surface area contributed by atoms with Crippen molar-refractivity contribution in [1.29, 1.82) is 0 Å². The Bertz CT molecular complexity index is 494. The molecular weight excluding hydrogens is 256 g/mol. The van der Waals surface area contributed by atoms with Gasteiger partial charge in [-0.3, -0.25) is 4.90 Å². The van der Waals surface area contributed by atoms with Gasteiger partial charge in [0.2, 0.25) is 0 Å². The van der Waals surface area contributed by atoms with Crippen LogP contribution in [0.15, 0.2) is 12.5 Å². The van der Waals surface area contributed by atoms with Crippen LogP contribution in [0.2, 0.25) is 0 Å². The van der Waals surface area contributed by atoms with E-state index in [1.807, 2.05) is 0 Å². The highest BCUT2D eigenvalue weighted by molar-refractivity contribution is 5.88. The summed E-state index contributed by atoms with van der Waals surface area (Å²) in [5.74, 6) is -0.965. The van der Waals surface area contributed by atoms with E-state index < -0.39 is 5.97 Å². The number of aromatic nitrogens is 2. The van der Waals surface area contributed by atoms with Crippen LogP contribution in [0.5, 0.6) is 0 Å². The fraction of sp³-hybridized carbons (Fsp3) is 0.643. The number of rotatable bonds is 4.